The van der Waals surface area contributed by atoms with Gasteiger partial charge in [0.25, 0.3) is 0 Å². The molecule has 1 heterocycles. The predicted molar refractivity (Wildman–Crippen MR) is 70.4 cm³/mol. The smallest absolute Gasteiger partial charge is 0.186 e. The fourth-order valence-corrected chi connectivity index (χ4v) is 2.91. The van der Waals surface area contributed by atoms with Gasteiger partial charge in [-0.15, -0.1) is 0 Å². The number of fused-ring (bicyclic) bond motifs is 2. The van der Waals surface area contributed by atoms with Gasteiger partial charge in [-0.2, -0.15) is 0 Å². The number of allylic oxidation sites excluding steroid dienone is 1. The Morgan fingerprint density at radius 3 is 2.35 bits per heavy atom. The topological polar surface area (TPSA) is 17.1 Å². The summed E-state index contributed by atoms with van der Waals surface area (Å²) in [7, 11) is 0. The van der Waals surface area contributed by atoms with E-state index >= 15 is 0 Å². The minimum atomic E-state index is 0.0719. The third-order valence-electron chi connectivity index (χ3n) is 2.71. The lowest BCUT2D eigenvalue weighted by Crippen LogP contribution is -1.98. The van der Waals surface area contributed by atoms with Crippen LogP contribution in [0.2, 0.25) is 0 Å². The average Bonchev–Trinajstić information content (AvgIpc) is 2.36. The van der Waals surface area contributed by atoms with Crippen molar-refractivity contribution in [2.75, 3.05) is 0 Å². The van der Waals surface area contributed by atoms with Crippen LogP contribution in [0.25, 0.3) is 6.08 Å². The second kappa shape index (κ2) is 4.22. The third kappa shape index (κ3) is 1.92. The van der Waals surface area contributed by atoms with Crippen molar-refractivity contribution in [3.05, 3.63) is 65.7 Å². The summed E-state index contributed by atoms with van der Waals surface area (Å²) >= 11 is 1.65. The van der Waals surface area contributed by atoms with E-state index in [0.717, 1.165) is 16.0 Å². The fourth-order valence-electron chi connectivity index (χ4n) is 1.84. The maximum Gasteiger partial charge on any atom is 0.186 e. The van der Waals surface area contributed by atoms with E-state index in [9.17, 15) is 4.79 Å². The number of benzene rings is 2. The number of hydrogen-bond donors (Lipinski definition) is 0. The van der Waals surface area contributed by atoms with E-state index in [1.54, 1.807) is 17.8 Å². The number of ketones is 1. The molecule has 2 aromatic rings. The van der Waals surface area contributed by atoms with Crippen LogP contribution in [0.5, 0.6) is 0 Å². The van der Waals surface area contributed by atoms with Gasteiger partial charge < -0.3 is 0 Å². The molecule has 0 bridgehead atoms. The molecule has 2 heteroatoms. The van der Waals surface area contributed by atoms with Crippen LogP contribution in [-0.2, 0) is 0 Å². The third-order valence-corrected chi connectivity index (χ3v) is 3.87. The molecule has 1 aliphatic heterocycles. The summed E-state index contributed by atoms with van der Waals surface area (Å²) < 4.78 is 0. The van der Waals surface area contributed by atoms with E-state index in [1.807, 2.05) is 48.5 Å². The van der Waals surface area contributed by atoms with Crippen molar-refractivity contribution in [3.63, 3.8) is 0 Å². The summed E-state index contributed by atoms with van der Waals surface area (Å²) in [4.78, 5) is 14.2. The summed E-state index contributed by atoms with van der Waals surface area (Å²) in [5, 5.41) is 0. The van der Waals surface area contributed by atoms with Gasteiger partial charge in [0.1, 0.15) is 0 Å². The zero-order valence-electron chi connectivity index (χ0n) is 9.09. The lowest BCUT2D eigenvalue weighted by Gasteiger charge is -2.11. The predicted octanol–water partition coefficient (Wildman–Crippen LogP) is 4.05. The second-order valence-electron chi connectivity index (χ2n) is 3.83. The van der Waals surface area contributed by atoms with Gasteiger partial charge in [0, 0.05) is 15.4 Å². The highest BCUT2D eigenvalue weighted by Crippen LogP contribution is 2.35. The van der Waals surface area contributed by atoms with Gasteiger partial charge in [-0.3, -0.25) is 4.79 Å². The Hall–Kier alpha value is -1.80. The van der Waals surface area contributed by atoms with Crippen LogP contribution >= 0.6 is 11.8 Å². The van der Waals surface area contributed by atoms with Crippen LogP contribution in [0.15, 0.2) is 64.4 Å². The molecule has 0 fully saturated rings. The van der Waals surface area contributed by atoms with E-state index in [-0.39, 0.29) is 5.78 Å². The highest BCUT2D eigenvalue weighted by Gasteiger charge is 2.13. The van der Waals surface area contributed by atoms with Crippen LogP contribution in [0.1, 0.15) is 15.9 Å². The van der Waals surface area contributed by atoms with Gasteiger partial charge >= 0.3 is 0 Å². The van der Waals surface area contributed by atoms with E-state index in [2.05, 4.69) is 6.07 Å². The molecular formula is C15H10OS. The summed E-state index contributed by atoms with van der Waals surface area (Å²) in [5.74, 6) is 0.0719. The van der Waals surface area contributed by atoms with Crippen molar-refractivity contribution in [2.24, 2.45) is 0 Å². The normalized spacial score (nSPS) is 15.4. The summed E-state index contributed by atoms with van der Waals surface area (Å²) in [6.45, 7) is 0. The van der Waals surface area contributed by atoms with Crippen molar-refractivity contribution < 1.29 is 4.79 Å². The van der Waals surface area contributed by atoms with Gasteiger partial charge in [-0.1, -0.05) is 42.1 Å². The molecule has 0 atom stereocenters. The van der Waals surface area contributed by atoms with Gasteiger partial charge in [-0.25, -0.2) is 0 Å². The summed E-state index contributed by atoms with van der Waals surface area (Å²) in [6, 6.07) is 15.9. The minimum absolute atomic E-state index is 0.0719. The first-order valence-corrected chi connectivity index (χ1v) is 6.24. The molecule has 0 saturated carbocycles. The largest absolute Gasteiger partial charge is 0.289 e. The Morgan fingerprint density at radius 2 is 1.47 bits per heavy atom. The highest BCUT2D eigenvalue weighted by molar-refractivity contribution is 7.99. The molecule has 0 amide bonds. The molecule has 0 spiro atoms. The molecule has 1 aliphatic rings. The van der Waals surface area contributed by atoms with Crippen LogP contribution in [-0.4, -0.2) is 5.78 Å². The molecule has 0 saturated heterocycles. The van der Waals surface area contributed by atoms with Crippen LogP contribution in [0.4, 0.5) is 0 Å². The van der Waals surface area contributed by atoms with Gasteiger partial charge in [0.2, 0.25) is 0 Å². The number of carbonyl (C=O) groups is 1. The SMILES string of the molecule is O=C1/C=C\c2ccccc2Sc2ccccc21. The summed E-state index contributed by atoms with van der Waals surface area (Å²) in [5.41, 5.74) is 1.88. The van der Waals surface area contributed by atoms with Crippen molar-refractivity contribution in [2.45, 2.75) is 9.79 Å². The number of rotatable bonds is 0. The molecule has 3 rings (SSSR count). The minimum Gasteiger partial charge on any atom is -0.289 e. The Balaban J connectivity index is 2.21. The highest BCUT2D eigenvalue weighted by atomic mass is 32.2. The van der Waals surface area contributed by atoms with E-state index < -0.39 is 0 Å². The molecule has 0 unspecified atom stereocenters. The maximum atomic E-state index is 12.0. The van der Waals surface area contributed by atoms with Gasteiger partial charge in [-0.05, 0) is 35.9 Å². The molecule has 0 aromatic heterocycles. The molecule has 2 aromatic carbocycles. The van der Waals surface area contributed by atoms with E-state index in [0.29, 0.717) is 0 Å². The van der Waals surface area contributed by atoms with Crippen molar-refractivity contribution >= 4 is 23.6 Å². The molecule has 0 radical (unpaired) electrons. The van der Waals surface area contributed by atoms with Gasteiger partial charge in [0.15, 0.2) is 5.78 Å². The lowest BCUT2D eigenvalue weighted by molar-refractivity contribution is 0.104. The second-order valence-corrected chi connectivity index (χ2v) is 4.92. The van der Waals surface area contributed by atoms with Crippen molar-refractivity contribution in [1.82, 2.24) is 0 Å². The van der Waals surface area contributed by atoms with Gasteiger partial charge in [0.05, 0.1) is 0 Å². The van der Waals surface area contributed by atoms with Crippen LogP contribution in [0, 0.1) is 0 Å². The maximum absolute atomic E-state index is 12.0. The number of carbonyl (C=O) groups excluding carboxylic acids is 1. The Labute approximate surface area is 104 Å². The number of hydrogen-bond acceptors (Lipinski definition) is 2. The molecule has 1 nitrogen and oxygen atoms in total. The quantitative estimate of drug-likeness (QED) is 0.688. The lowest BCUT2D eigenvalue weighted by atomic mass is 10.1. The van der Waals surface area contributed by atoms with E-state index in [1.165, 1.54) is 4.90 Å². The standard InChI is InChI=1S/C15H10OS/c16-13-10-9-11-5-1-3-7-14(11)17-15-8-4-2-6-12(13)15/h1-10H/b10-9-. The van der Waals surface area contributed by atoms with Crippen molar-refractivity contribution in [3.8, 4) is 0 Å². The molecular weight excluding hydrogens is 228 g/mol. The Kier molecular flexibility index (Phi) is 2.57. The zero-order chi connectivity index (χ0) is 11.7. The van der Waals surface area contributed by atoms with Crippen LogP contribution < -0.4 is 0 Å². The fraction of sp³-hybridized carbons (Fsp3) is 0. The summed E-state index contributed by atoms with van der Waals surface area (Å²) in [6.07, 6.45) is 3.54. The molecule has 0 aliphatic carbocycles. The molecule has 17 heavy (non-hydrogen) atoms. The van der Waals surface area contributed by atoms with Crippen LogP contribution in [0.3, 0.4) is 0 Å². The Bertz CT molecular complexity index is 614. The average molecular weight is 238 g/mol. The first kappa shape index (κ1) is 10.4. The molecule has 82 valence electrons. The Morgan fingerprint density at radius 1 is 0.765 bits per heavy atom. The first-order chi connectivity index (χ1) is 8.34. The molecule has 0 N–H and O–H groups in total. The van der Waals surface area contributed by atoms with Crippen molar-refractivity contribution in [1.29, 1.82) is 0 Å². The monoisotopic (exact) mass is 238 g/mol. The first-order valence-electron chi connectivity index (χ1n) is 5.43. The van der Waals surface area contributed by atoms with E-state index in [4.69, 9.17) is 0 Å². The zero-order valence-corrected chi connectivity index (χ0v) is 9.91.